The smallest absolute Gasteiger partial charge is 0.337 e. The molecule has 0 aliphatic heterocycles. The van der Waals surface area contributed by atoms with Crippen LogP contribution in [-0.4, -0.2) is 33.9 Å². The summed E-state index contributed by atoms with van der Waals surface area (Å²) in [5.74, 6) is -1.32. The number of pyridine rings is 1. The van der Waals surface area contributed by atoms with Gasteiger partial charge in [-0.15, -0.1) is 0 Å². The van der Waals surface area contributed by atoms with Crippen LogP contribution in [0, 0.1) is 0 Å². The predicted octanol–water partition coefficient (Wildman–Crippen LogP) is 1.82. The number of carboxylic acids is 1. The molecule has 0 radical (unpaired) electrons. The van der Waals surface area contributed by atoms with E-state index in [4.69, 9.17) is 9.84 Å². The Morgan fingerprint density at radius 2 is 2.24 bits per heavy atom. The van der Waals surface area contributed by atoms with Crippen LogP contribution in [0.2, 0.25) is 0 Å². The number of aromatic carboxylic acids is 1. The summed E-state index contributed by atoms with van der Waals surface area (Å²) in [5, 5.41) is 8.93. The molecule has 6 heteroatoms. The average molecular weight is 255 g/mol. The van der Waals surface area contributed by atoms with Crippen molar-refractivity contribution in [3.05, 3.63) is 23.9 Å². The third-order valence-electron chi connectivity index (χ3n) is 1.90. The first-order valence-electron chi connectivity index (χ1n) is 5.07. The maximum absolute atomic E-state index is 11.4. The second kappa shape index (κ2) is 6.24. The lowest BCUT2D eigenvalue weighted by molar-refractivity contribution is -0.142. The second-order valence-corrected chi connectivity index (χ2v) is 4.56. The zero-order valence-electron chi connectivity index (χ0n) is 9.54. The summed E-state index contributed by atoms with van der Waals surface area (Å²) in [4.78, 5) is 25.9. The third kappa shape index (κ3) is 4.07. The number of carbonyl (C=O) groups is 2. The van der Waals surface area contributed by atoms with E-state index in [1.165, 1.54) is 24.0 Å². The molecular formula is C11H13NO4S. The van der Waals surface area contributed by atoms with E-state index in [2.05, 4.69) is 4.98 Å². The van der Waals surface area contributed by atoms with E-state index in [1.54, 1.807) is 19.9 Å². The summed E-state index contributed by atoms with van der Waals surface area (Å²) in [6.07, 6.45) is 1.27. The summed E-state index contributed by atoms with van der Waals surface area (Å²) < 4.78 is 4.86. The normalized spacial score (nSPS) is 11.9. The molecule has 17 heavy (non-hydrogen) atoms. The van der Waals surface area contributed by atoms with Crippen LogP contribution < -0.4 is 0 Å². The Morgan fingerprint density at radius 3 is 2.71 bits per heavy atom. The maximum atomic E-state index is 11.4. The summed E-state index contributed by atoms with van der Waals surface area (Å²) in [6.45, 7) is 3.81. The average Bonchev–Trinajstić information content (AvgIpc) is 2.30. The summed E-state index contributed by atoms with van der Waals surface area (Å²) in [6, 6.07) is 3.03. The van der Waals surface area contributed by atoms with Crippen LogP contribution in [-0.2, 0) is 9.53 Å². The van der Waals surface area contributed by atoms with Crippen molar-refractivity contribution < 1.29 is 19.4 Å². The van der Waals surface area contributed by atoms with E-state index in [0.29, 0.717) is 11.6 Å². The van der Waals surface area contributed by atoms with Crippen molar-refractivity contribution in [2.45, 2.75) is 24.1 Å². The fourth-order valence-corrected chi connectivity index (χ4v) is 1.85. The van der Waals surface area contributed by atoms with Crippen molar-refractivity contribution in [3.8, 4) is 0 Å². The standard InChI is InChI=1S/C11H13NO4S/c1-3-16-11(15)7(2)17-9-5-4-8(6-12-9)10(13)14/h4-7H,3H2,1-2H3,(H,13,14)/t7-/m1/s1. The zero-order chi connectivity index (χ0) is 12.8. The largest absolute Gasteiger partial charge is 0.478 e. The molecule has 0 unspecified atom stereocenters. The van der Waals surface area contributed by atoms with E-state index in [1.807, 2.05) is 0 Å². The van der Waals surface area contributed by atoms with Gasteiger partial charge in [-0.2, -0.15) is 0 Å². The number of carboxylic acid groups (broad SMARTS) is 1. The van der Waals surface area contributed by atoms with Crippen LogP contribution in [0.5, 0.6) is 0 Å². The molecule has 1 rings (SSSR count). The van der Waals surface area contributed by atoms with Crippen LogP contribution in [0.3, 0.4) is 0 Å². The third-order valence-corrected chi connectivity index (χ3v) is 2.93. The van der Waals surface area contributed by atoms with E-state index in [9.17, 15) is 9.59 Å². The van der Waals surface area contributed by atoms with Gasteiger partial charge in [0.05, 0.1) is 17.2 Å². The molecule has 0 spiro atoms. The highest BCUT2D eigenvalue weighted by molar-refractivity contribution is 8.00. The molecule has 1 N–H and O–H groups in total. The van der Waals surface area contributed by atoms with E-state index < -0.39 is 5.97 Å². The molecule has 0 amide bonds. The van der Waals surface area contributed by atoms with Crippen LogP contribution in [0.15, 0.2) is 23.4 Å². The lowest BCUT2D eigenvalue weighted by Gasteiger charge is -2.09. The lowest BCUT2D eigenvalue weighted by Crippen LogP contribution is -2.16. The van der Waals surface area contributed by atoms with Crippen molar-refractivity contribution in [2.75, 3.05) is 6.61 Å². The van der Waals surface area contributed by atoms with Gasteiger partial charge in [0.15, 0.2) is 0 Å². The quantitative estimate of drug-likeness (QED) is 0.639. The van der Waals surface area contributed by atoms with E-state index in [-0.39, 0.29) is 16.8 Å². The number of hydrogen-bond donors (Lipinski definition) is 1. The number of hydrogen-bond acceptors (Lipinski definition) is 5. The molecule has 0 aromatic carbocycles. The first-order valence-corrected chi connectivity index (χ1v) is 5.95. The van der Waals surface area contributed by atoms with Crippen molar-refractivity contribution in [3.63, 3.8) is 0 Å². The molecule has 0 bridgehead atoms. The minimum Gasteiger partial charge on any atom is -0.478 e. The monoisotopic (exact) mass is 255 g/mol. The molecule has 0 aliphatic rings. The predicted molar refractivity (Wildman–Crippen MR) is 63.1 cm³/mol. The topological polar surface area (TPSA) is 76.5 Å². The molecule has 92 valence electrons. The Hall–Kier alpha value is -1.56. The highest BCUT2D eigenvalue weighted by Gasteiger charge is 2.16. The fourth-order valence-electron chi connectivity index (χ4n) is 1.07. The fraction of sp³-hybridized carbons (Fsp3) is 0.364. The molecule has 1 heterocycles. The van der Waals surface area contributed by atoms with Gasteiger partial charge in [0.25, 0.3) is 0 Å². The van der Waals surface area contributed by atoms with Crippen molar-refractivity contribution in [1.82, 2.24) is 4.98 Å². The van der Waals surface area contributed by atoms with Gasteiger partial charge in [-0.25, -0.2) is 9.78 Å². The Bertz CT molecular complexity index is 404. The molecule has 0 saturated carbocycles. The van der Waals surface area contributed by atoms with Gasteiger partial charge >= 0.3 is 11.9 Å². The molecule has 0 fully saturated rings. The highest BCUT2D eigenvalue weighted by Crippen LogP contribution is 2.21. The highest BCUT2D eigenvalue weighted by atomic mass is 32.2. The molecule has 1 aromatic heterocycles. The van der Waals surface area contributed by atoms with E-state index in [0.717, 1.165) is 0 Å². The van der Waals surface area contributed by atoms with Gasteiger partial charge in [0, 0.05) is 6.20 Å². The number of nitrogens with zero attached hydrogens (tertiary/aromatic N) is 1. The van der Waals surface area contributed by atoms with Gasteiger partial charge < -0.3 is 9.84 Å². The van der Waals surface area contributed by atoms with Crippen LogP contribution in [0.4, 0.5) is 0 Å². The molecule has 0 aliphatic carbocycles. The van der Waals surface area contributed by atoms with Gasteiger partial charge in [0.1, 0.15) is 5.25 Å². The van der Waals surface area contributed by atoms with Crippen molar-refractivity contribution in [2.24, 2.45) is 0 Å². The molecule has 1 atom stereocenters. The second-order valence-electron chi connectivity index (χ2n) is 3.20. The van der Waals surface area contributed by atoms with Crippen LogP contribution in [0.1, 0.15) is 24.2 Å². The van der Waals surface area contributed by atoms with Gasteiger partial charge in [-0.3, -0.25) is 4.79 Å². The Kier molecular flexibility index (Phi) is 4.96. The molecule has 5 nitrogen and oxygen atoms in total. The summed E-state index contributed by atoms with van der Waals surface area (Å²) in [5.41, 5.74) is 0.123. The van der Waals surface area contributed by atoms with Crippen LogP contribution >= 0.6 is 11.8 Å². The van der Waals surface area contributed by atoms with Gasteiger partial charge in [-0.1, -0.05) is 11.8 Å². The molecular weight excluding hydrogens is 242 g/mol. The Labute approximate surface area is 103 Å². The lowest BCUT2D eigenvalue weighted by atomic mass is 10.3. The van der Waals surface area contributed by atoms with Crippen molar-refractivity contribution >= 4 is 23.7 Å². The zero-order valence-corrected chi connectivity index (χ0v) is 10.4. The first-order chi connectivity index (χ1) is 8.04. The molecule has 1 aromatic rings. The van der Waals surface area contributed by atoms with Gasteiger partial charge in [-0.05, 0) is 26.0 Å². The first kappa shape index (κ1) is 13.5. The maximum Gasteiger partial charge on any atom is 0.337 e. The Balaban J connectivity index is 2.63. The number of rotatable bonds is 5. The summed E-state index contributed by atoms with van der Waals surface area (Å²) >= 11 is 1.23. The minimum atomic E-state index is -1.02. The number of carbonyl (C=O) groups excluding carboxylic acids is 1. The number of esters is 1. The minimum absolute atomic E-state index is 0.123. The number of ether oxygens (including phenoxy) is 1. The van der Waals surface area contributed by atoms with Crippen molar-refractivity contribution in [1.29, 1.82) is 0 Å². The Morgan fingerprint density at radius 1 is 1.53 bits per heavy atom. The molecule has 0 saturated heterocycles. The van der Waals surface area contributed by atoms with Crippen LogP contribution in [0.25, 0.3) is 0 Å². The summed E-state index contributed by atoms with van der Waals surface area (Å²) in [7, 11) is 0. The number of aromatic nitrogens is 1. The SMILES string of the molecule is CCOC(=O)[C@@H](C)Sc1ccc(C(=O)O)cn1. The van der Waals surface area contributed by atoms with Gasteiger partial charge in [0.2, 0.25) is 0 Å². The number of thioether (sulfide) groups is 1. The van der Waals surface area contributed by atoms with E-state index >= 15 is 0 Å².